The van der Waals surface area contributed by atoms with Gasteiger partial charge in [0.05, 0.1) is 0 Å². The Bertz CT molecular complexity index is 304. The molecule has 0 aliphatic carbocycles. The molecule has 0 radical (unpaired) electrons. The zero-order chi connectivity index (χ0) is 12.9. The molecule has 0 spiro atoms. The molecule has 0 saturated heterocycles. The summed E-state index contributed by atoms with van der Waals surface area (Å²) in [6.45, 7) is 0. The van der Waals surface area contributed by atoms with Crippen LogP contribution in [0.5, 0.6) is 0 Å². The number of nitrogens with one attached hydrogen (secondary N) is 1. The fourth-order valence-corrected chi connectivity index (χ4v) is 0.880. The summed E-state index contributed by atoms with van der Waals surface area (Å²) in [6, 6.07) is 0. The molecule has 11 heteroatoms. The first kappa shape index (κ1) is 13.7. The number of rotatable bonds is 6. The van der Waals surface area contributed by atoms with Gasteiger partial charge in [0.1, 0.15) is 0 Å². The maximum absolute atomic E-state index is 10.7. The average Bonchev–Trinajstić information content (AvgIpc) is 2.16. The van der Waals surface area contributed by atoms with Crippen molar-refractivity contribution < 1.29 is 19.6 Å². The van der Waals surface area contributed by atoms with Crippen LogP contribution < -0.4 is 5.32 Å². The van der Waals surface area contributed by atoms with E-state index in [4.69, 9.17) is 0 Å². The van der Waals surface area contributed by atoms with Crippen LogP contribution in [0.15, 0.2) is 0 Å². The molecule has 0 saturated carbocycles. The van der Waals surface area contributed by atoms with Crippen LogP contribution in [0.25, 0.3) is 0 Å². The summed E-state index contributed by atoms with van der Waals surface area (Å²) in [5.74, 6) is -4.32. The maximum atomic E-state index is 10.7. The second-order valence-corrected chi connectivity index (χ2v) is 2.72. The lowest BCUT2D eigenvalue weighted by Crippen LogP contribution is -2.53. The number of amides is 1. The predicted octanol–water partition coefficient (Wildman–Crippen LogP) is -1.00. The standard InChI is InChI=1S/C5H8N4O7/c1-6-4(10)2-3-5(7(11)12,8(13)14)9(15)16/h2-3H2,1H3,(H,6,10). The van der Waals surface area contributed by atoms with E-state index in [0.29, 0.717) is 0 Å². The normalized spacial score (nSPS) is 10.6. The molecule has 0 fully saturated rings. The third kappa shape index (κ3) is 2.37. The Morgan fingerprint density at radius 3 is 1.75 bits per heavy atom. The molecule has 1 N–H and O–H groups in total. The van der Waals surface area contributed by atoms with Gasteiger partial charge in [-0.15, -0.1) is 0 Å². The van der Waals surface area contributed by atoms with Crippen LogP contribution in [0.4, 0.5) is 0 Å². The van der Waals surface area contributed by atoms with Crippen LogP contribution in [-0.4, -0.2) is 33.5 Å². The predicted molar refractivity (Wildman–Crippen MR) is 47.0 cm³/mol. The van der Waals surface area contributed by atoms with Gasteiger partial charge < -0.3 is 5.32 Å². The summed E-state index contributed by atoms with van der Waals surface area (Å²) in [7, 11) is 1.20. The third-order valence-corrected chi connectivity index (χ3v) is 1.84. The molecule has 11 nitrogen and oxygen atoms in total. The number of hydrogen-bond donors (Lipinski definition) is 1. The van der Waals surface area contributed by atoms with Crippen molar-refractivity contribution in [2.45, 2.75) is 18.6 Å². The van der Waals surface area contributed by atoms with Gasteiger partial charge in [-0.2, -0.15) is 0 Å². The van der Waals surface area contributed by atoms with Crippen LogP contribution in [0.1, 0.15) is 12.8 Å². The van der Waals surface area contributed by atoms with Crippen molar-refractivity contribution >= 4 is 5.91 Å². The quantitative estimate of drug-likeness (QED) is 0.351. The molecule has 0 aromatic rings. The van der Waals surface area contributed by atoms with Crippen molar-refractivity contribution in [1.82, 2.24) is 5.32 Å². The van der Waals surface area contributed by atoms with Crippen molar-refractivity contribution in [3.63, 3.8) is 0 Å². The Kier molecular flexibility index (Phi) is 4.23. The molecule has 0 aromatic carbocycles. The Balaban J connectivity index is 5.07. The maximum Gasteiger partial charge on any atom is 0.700 e. The SMILES string of the molecule is CNC(=O)CCC([N+](=O)[O-])([N+](=O)[O-])[N+](=O)[O-]. The summed E-state index contributed by atoms with van der Waals surface area (Å²) in [6.07, 6.45) is -1.79. The number of nitro groups is 3. The smallest absolute Gasteiger partial charge is 0.359 e. The van der Waals surface area contributed by atoms with E-state index in [2.05, 4.69) is 0 Å². The van der Waals surface area contributed by atoms with Gasteiger partial charge in [-0.25, -0.2) is 0 Å². The van der Waals surface area contributed by atoms with Crippen LogP contribution in [0, 0.1) is 30.3 Å². The number of hydrogen-bond acceptors (Lipinski definition) is 7. The lowest BCUT2D eigenvalue weighted by molar-refractivity contribution is -0.970. The summed E-state index contributed by atoms with van der Waals surface area (Å²) in [5, 5.41) is 33.2. The summed E-state index contributed by atoms with van der Waals surface area (Å²) >= 11 is 0. The molecular weight excluding hydrogens is 228 g/mol. The highest BCUT2D eigenvalue weighted by Crippen LogP contribution is 2.19. The van der Waals surface area contributed by atoms with Crippen LogP contribution in [-0.2, 0) is 4.79 Å². The van der Waals surface area contributed by atoms with E-state index in [1.807, 2.05) is 5.32 Å². The van der Waals surface area contributed by atoms with E-state index < -0.39 is 39.3 Å². The van der Waals surface area contributed by atoms with Gasteiger partial charge in [0, 0.05) is 13.5 Å². The van der Waals surface area contributed by atoms with Crippen molar-refractivity contribution in [1.29, 1.82) is 0 Å². The van der Waals surface area contributed by atoms with Gasteiger partial charge in [0.15, 0.2) is 21.2 Å². The Morgan fingerprint density at radius 1 is 1.12 bits per heavy atom. The molecule has 0 heterocycles. The van der Waals surface area contributed by atoms with Crippen LogP contribution >= 0.6 is 0 Å². The monoisotopic (exact) mass is 236 g/mol. The van der Waals surface area contributed by atoms with Crippen molar-refractivity contribution in [3.05, 3.63) is 30.3 Å². The first-order valence-corrected chi connectivity index (χ1v) is 3.93. The summed E-state index contributed by atoms with van der Waals surface area (Å²) < 4.78 is 0. The first-order valence-electron chi connectivity index (χ1n) is 3.93. The zero-order valence-electron chi connectivity index (χ0n) is 8.11. The van der Waals surface area contributed by atoms with Crippen molar-refractivity contribution in [2.75, 3.05) is 7.05 Å². The summed E-state index contributed by atoms with van der Waals surface area (Å²) in [4.78, 5) is 37.1. The summed E-state index contributed by atoms with van der Waals surface area (Å²) in [5.41, 5.74) is 0. The van der Waals surface area contributed by atoms with Gasteiger partial charge in [-0.05, 0) is 0 Å². The molecule has 16 heavy (non-hydrogen) atoms. The first-order chi connectivity index (χ1) is 7.28. The average molecular weight is 236 g/mol. The Hall–Kier alpha value is -2.33. The molecule has 1 amide bonds. The van der Waals surface area contributed by atoms with Gasteiger partial charge in [-0.1, -0.05) is 0 Å². The fourth-order valence-electron chi connectivity index (χ4n) is 0.880. The largest absolute Gasteiger partial charge is 0.700 e. The highest BCUT2D eigenvalue weighted by molar-refractivity contribution is 5.75. The molecule has 0 atom stereocenters. The molecule has 0 aliphatic rings. The highest BCUT2D eigenvalue weighted by Gasteiger charge is 2.69. The number of carbonyl (C=O) groups is 1. The lowest BCUT2D eigenvalue weighted by Gasteiger charge is -2.07. The van der Waals surface area contributed by atoms with Crippen molar-refractivity contribution in [2.24, 2.45) is 0 Å². The van der Waals surface area contributed by atoms with E-state index in [-0.39, 0.29) is 0 Å². The molecular formula is C5H8N4O7. The van der Waals surface area contributed by atoms with Crippen LogP contribution in [0.3, 0.4) is 0 Å². The molecule has 90 valence electrons. The van der Waals surface area contributed by atoms with E-state index in [0.717, 1.165) is 0 Å². The van der Waals surface area contributed by atoms with E-state index in [1.54, 1.807) is 0 Å². The van der Waals surface area contributed by atoms with Crippen LogP contribution in [0.2, 0.25) is 0 Å². The molecule has 0 bridgehead atoms. The third-order valence-electron chi connectivity index (χ3n) is 1.84. The number of carbonyl (C=O) groups excluding carboxylic acids is 1. The van der Waals surface area contributed by atoms with Gasteiger partial charge >= 0.3 is 5.79 Å². The number of nitrogens with zero attached hydrogens (tertiary/aromatic N) is 3. The van der Waals surface area contributed by atoms with E-state index >= 15 is 0 Å². The minimum absolute atomic E-state index is 0.681. The minimum atomic E-state index is -3.56. The van der Waals surface area contributed by atoms with Gasteiger partial charge in [0.25, 0.3) is 0 Å². The second kappa shape index (κ2) is 4.95. The minimum Gasteiger partial charge on any atom is -0.359 e. The molecule has 0 unspecified atom stereocenters. The highest BCUT2D eigenvalue weighted by atomic mass is 16.7. The zero-order valence-corrected chi connectivity index (χ0v) is 8.11. The molecule has 0 aromatic heterocycles. The lowest BCUT2D eigenvalue weighted by atomic mass is 10.2. The Morgan fingerprint density at radius 2 is 1.50 bits per heavy atom. The topological polar surface area (TPSA) is 159 Å². The second-order valence-electron chi connectivity index (χ2n) is 2.72. The molecule has 0 aliphatic heterocycles. The van der Waals surface area contributed by atoms with E-state index in [1.165, 1.54) is 7.05 Å². The van der Waals surface area contributed by atoms with Crippen molar-refractivity contribution in [3.8, 4) is 0 Å². The fraction of sp³-hybridized carbons (Fsp3) is 0.800. The Labute approximate surface area is 87.9 Å². The van der Waals surface area contributed by atoms with Gasteiger partial charge in [0.2, 0.25) is 5.91 Å². The van der Waals surface area contributed by atoms with Gasteiger partial charge in [-0.3, -0.25) is 35.1 Å². The molecule has 0 rings (SSSR count). The van der Waals surface area contributed by atoms with E-state index in [9.17, 15) is 35.1 Å².